The van der Waals surface area contributed by atoms with Gasteiger partial charge in [0.1, 0.15) is 5.75 Å². The molecule has 3 aliphatic carbocycles. The molecule has 2 N–H and O–H groups in total. The van der Waals surface area contributed by atoms with E-state index in [0.717, 1.165) is 32.1 Å². The molecule has 25 heavy (non-hydrogen) atoms. The zero-order valence-electron chi connectivity index (χ0n) is 14.9. The number of aromatic hydroxyl groups is 1. The van der Waals surface area contributed by atoms with Gasteiger partial charge in [-0.2, -0.15) is 0 Å². The van der Waals surface area contributed by atoms with Gasteiger partial charge in [-0.15, -0.1) is 0 Å². The summed E-state index contributed by atoms with van der Waals surface area (Å²) in [5, 5.41) is 21.3. The van der Waals surface area contributed by atoms with Crippen molar-refractivity contribution in [2.45, 2.75) is 56.7 Å². The second kappa shape index (κ2) is 6.24. The van der Waals surface area contributed by atoms with E-state index in [9.17, 15) is 10.2 Å². The SMILES string of the molecule is CO[C@H]1C[C@@]2(C)[C@@H](CC[C@@]2(O)/C=C/[125I])[C@@H]2CCc3cc(O)ccc3[C@H]21. The molecule has 0 aliphatic heterocycles. The van der Waals surface area contributed by atoms with Gasteiger partial charge in [-0.1, -0.05) is 35.6 Å². The zero-order valence-corrected chi connectivity index (χ0v) is 17.1. The molecule has 6 atom stereocenters. The highest BCUT2D eigenvalue weighted by Crippen LogP contribution is 2.65. The van der Waals surface area contributed by atoms with Crippen LogP contribution in [0.5, 0.6) is 5.75 Å². The second-order valence-corrected chi connectivity index (χ2v) is 9.09. The van der Waals surface area contributed by atoms with Crippen molar-refractivity contribution in [2.24, 2.45) is 17.3 Å². The Labute approximate surface area is 163 Å². The third kappa shape index (κ3) is 2.51. The average molecular weight is 452 g/mol. The van der Waals surface area contributed by atoms with Crippen LogP contribution in [0.3, 0.4) is 0 Å². The highest BCUT2D eigenvalue weighted by Gasteiger charge is 2.63. The first-order valence-corrected chi connectivity index (χ1v) is 10.5. The molecule has 4 rings (SSSR count). The zero-order chi connectivity index (χ0) is 17.8. The normalized spacial score (nSPS) is 42.9. The highest BCUT2D eigenvalue weighted by molar-refractivity contribution is 14.1. The first kappa shape index (κ1) is 17.8. The lowest BCUT2D eigenvalue weighted by Crippen LogP contribution is -2.54. The molecule has 0 heterocycles. The number of hydrogen-bond donors (Lipinski definition) is 2. The molecule has 0 amide bonds. The summed E-state index contributed by atoms with van der Waals surface area (Å²) in [6.07, 6.45) is 7.05. The molecular weight excluding hydrogens is 425 g/mol. The molecular formula is C21H27IO3. The summed E-state index contributed by atoms with van der Waals surface area (Å²) in [5.74, 6) is 1.79. The number of methoxy groups -OCH3 is 1. The molecule has 0 spiro atoms. The van der Waals surface area contributed by atoms with Crippen molar-refractivity contribution in [1.82, 2.24) is 0 Å². The molecule has 0 radical (unpaired) electrons. The van der Waals surface area contributed by atoms with Crippen LogP contribution in [0.15, 0.2) is 28.4 Å². The Morgan fingerprint density at radius 2 is 2.12 bits per heavy atom. The fraction of sp³-hybridized carbons (Fsp3) is 0.619. The Bertz CT molecular complexity index is 702. The fourth-order valence-electron chi connectivity index (χ4n) is 6.26. The fourth-order valence-corrected chi connectivity index (χ4v) is 6.86. The molecule has 4 heteroatoms. The van der Waals surface area contributed by atoms with Crippen LogP contribution in [0.25, 0.3) is 0 Å². The summed E-state index contributed by atoms with van der Waals surface area (Å²) in [4.78, 5) is 0. The van der Waals surface area contributed by atoms with Crippen LogP contribution in [0.2, 0.25) is 0 Å². The Hall–Kier alpha value is -0.590. The van der Waals surface area contributed by atoms with E-state index in [-0.39, 0.29) is 11.5 Å². The number of aryl methyl sites for hydroxylation is 1. The van der Waals surface area contributed by atoms with Crippen LogP contribution in [0.1, 0.15) is 49.7 Å². The van der Waals surface area contributed by atoms with Crippen molar-refractivity contribution in [1.29, 1.82) is 0 Å². The number of phenols is 1. The van der Waals surface area contributed by atoms with Gasteiger partial charge in [-0.3, -0.25) is 0 Å². The number of fused-ring (bicyclic) bond motifs is 5. The maximum atomic E-state index is 11.4. The molecule has 2 fully saturated rings. The maximum absolute atomic E-state index is 11.4. The van der Waals surface area contributed by atoms with Crippen LogP contribution in [-0.2, 0) is 11.2 Å². The number of rotatable bonds is 2. The van der Waals surface area contributed by atoms with Crippen LogP contribution in [0, 0.1) is 17.3 Å². The van der Waals surface area contributed by atoms with Crippen molar-refractivity contribution in [3.05, 3.63) is 39.5 Å². The minimum Gasteiger partial charge on any atom is -0.508 e. The molecule has 0 unspecified atom stereocenters. The van der Waals surface area contributed by atoms with Gasteiger partial charge in [0, 0.05) is 18.4 Å². The summed E-state index contributed by atoms with van der Waals surface area (Å²) in [6, 6.07) is 5.84. The van der Waals surface area contributed by atoms with Gasteiger partial charge in [-0.05, 0) is 77.4 Å². The van der Waals surface area contributed by atoms with Crippen LogP contribution < -0.4 is 0 Å². The van der Waals surface area contributed by atoms with Crippen molar-refractivity contribution in [2.75, 3.05) is 7.11 Å². The molecule has 0 aromatic heterocycles. The highest BCUT2D eigenvalue weighted by atomic mass is 125. The lowest BCUT2D eigenvalue weighted by atomic mass is 9.52. The van der Waals surface area contributed by atoms with E-state index in [4.69, 9.17) is 4.74 Å². The van der Waals surface area contributed by atoms with Crippen molar-refractivity contribution < 1.29 is 14.9 Å². The van der Waals surface area contributed by atoms with E-state index >= 15 is 0 Å². The van der Waals surface area contributed by atoms with E-state index in [1.807, 2.05) is 29.4 Å². The molecule has 3 nitrogen and oxygen atoms in total. The van der Waals surface area contributed by atoms with Gasteiger partial charge in [0.15, 0.2) is 0 Å². The quantitative estimate of drug-likeness (QED) is 0.648. The predicted molar refractivity (Wildman–Crippen MR) is 107 cm³/mol. The Balaban J connectivity index is 1.78. The van der Waals surface area contributed by atoms with Crippen molar-refractivity contribution >= 4 is 22.6 Å². The first-order valence-electron chi connectivity index (χ1n) is 9.28. The predicted octanol–water partition coefficient (Wildman–Crippen LogP) is 4.55. The number of hydrogen-bond acceptors (Lipinski definition) is 3. The minimum absolute atomic E-state index is 0.113. The molecule has 3 aliphatic rings. The largest absolute Gasteiger partial charge is 0.508 e. The number of benzene rings is 1. The molecule has 1 aromatic rings. The van der Waals surface area contributed by atoms with Gasteiger partial charge >= 0.3 is 0 Å². The van der Waals surface area contributed by atoms with Crippen LogP contribution in [0.4, 0.5) is 0 Å². The third-order valence-electron chi connectivity index (χ3n) is 7.52. The lowest BCUT2D eigenvalue weighted by molar-refractivity contribution is -0.120. The van der Waals surface area contributed by atoms with E-state index < -0.39 is 5.60 Å². The van der Waals surface area contributed by atoms with E-state index in [0.29, 0.717) is 23.5 Å². The van der Waals surface area contributed by atoms with E-state index in [2.05, 4.69) is 35.6 Å². The summed E-state index contributed by atoms with van der Waals surface area (Å²) in [7, 11) is 1.81. The number of ether oxygens (including phenoxy) is 1. The van der Waals surface area contributed by atoms with Gasteiger partial charge in [0.05, 0.1) is 11.7 Å². The summed E-state index contributed by atoms with van der Waals surface area (Å²) < 4.78 is 7.96. The Kier molecular flexibility index (Phi) is 4.44. The van der Waals surface area contributed by atoms with E-state index in [1.165, 1.54) is 11.1 Å². The Morgan fingerprint density at radius 1 is 1.32 bits per heavy atom. The monoisotopic (exact) mass is 452 g/mol. The van der Waals surface area contributed by atoms with Gasteiger partial charge in [-0.25, -0.2) is 0 Å². The number of phenolic OH excluding ortho intramolecular Hbond substituents is 1. The maximum Gasteiger partial charge on any atom is 0.115 e. The standard InChI is InChI=1S/C21H27IO3/c1-20-12-18(25-2)19-15-6-4-14(23)11-13(15)3-5-16(19)17(20)7-8-21(20,24)9-10-22/h4,6,9-11,16-19,23-24H,3,5,7-8,12H2,1-2H3/b10-9+/t16-,17-,18-,19+,20-,21+/m0/s1/i22-2. The summed E-state index contributed by atoms with van der Waals surface area (Å²) in [6.45, 7) is 2.27. The topological polar surface area (TPSA) is 49.7 Å². The average Bonchev–Trinajstić information content (AvgIpc) is 2.85. The van der Waals surface area contributed by atoms with Crippen molar-refractivity contribution in [3.8, 4) is 5.75 Å². The molecule has 0 bridgehead atoms. The van der Waals surface area contributed by atoms with E-state index in [1.54, 1.807) is 0 Å². The third-order valence-corrected chi connectivity index (χ3v) is 7.88. The summed E-state index contributed by atoms with van der Waals surface area (Å²) >= 11 is 2.22. The van der Waals surface area contributed by atoms with Crippen LogP contribution >= 0.6 is 22.6 Å². The first-order chi connectivity index (χ1) is 11.9. The summed E-state index contributed by atoms with van der Waals surface area (Å²) in [5.41, 5.74) is 1.76. The second-order valence-electron chi connectivity index (χ2n) is 8.37. The van der Waals surface area contributed by atoms with Crippen LogP contribution in [-0.4, -0.2) is 29.0 Å². The number of aliphatic hydroxyl groups is 1. The molecule has 2 saturated carbocycles. The van der Waals surface area contributed by atoms with Gasteiger partial charge < -0.3 is 14.9 Å². The lowest BCUT2D eigenvalue weighted by Gasteiger charge is -2.55. The van der Waals surface area contributed by atoms with Gasteiger partial charge in [0.2, 0.25) is 0 Å². The minimum atomic E-state index is -0.726. The Morgan fingerprint density at radius 3 is 2.84 bits per heavy atom. The molecule has 1 aromatic carbocycles. The van der Waals surface area contributed by atoms with Gasteiger partial charge in [0.25, 0.3) is 0 Å². The molecule has 136 valence electrons. The molecule has 0 saturated heterocycles. The van der Waals surface area contributed by atoms with Crippen molar-refractivity contribution in [3.63, 3.8) is 0 Å². The smallest absolute Gasteiger partial charge is 0.115 e. The number of halogens is 1.